The Morgan fingerprint density at radius 1 is 1.19 bits per heavy atom. The van der Waals surface area contributed by atoms with Gasteiger partial charge < -0.3 is 15.1 Å². The van der Waals surface area contributed by atoms with Crippen LogP contribution in [0.15, 0.2) is 42.7 Å². The van der Waals surface area contributed by atoms with Crippen LogP contribution in [-0.2, 0) is 0 Å². The molecule has 0 saturated carbocycles. The molecule has 32 heavy (non-hydrogen) atoms. The number of hydrogen-bond acceptors (Lipinski definition) is 6. The summed E-state index contributed by atoms with van der Waals surface area (Å²) in [6, 6.07) is 10.4. The van der Waals surface area contributed by atoms with Crippen LogP contribution in [0.4, 0.5) is 21.6 Å². The lowest BCUT2D eigenvalue weighted by Gasteiger charge is -2.34. The van der Waals surface area contributed by atoms with Crippen molar-refractivity contribution in [2.75, 3.05) is 44.4 Å². The van der Waals surface area contributed by atoms with Gasteiger partial charge in [-0.1, -0.05) is 6.07 Å². The van der Waals surface area contributed by atoms with Crippen molar-refractivity contribution in [2.24, 2.45) is 0 Å². The maximum absolute atomic E-state index is 12.2. The fourth-order valence-electron chi connectivity index (χ4n) is 3.86. The van der Waals surface area contributed by atoms with Crippen LogP contribution in [0, 0.1) is 6.92 Å². The molecule has 9 heteroatoms. The van der Waals surface area contributed by atoms with E-state index in [0.717, 1.165) is 58.8 Å². The number of urea groups is 1. The van der Waals surface area contributed by atoms with Crippen LogP contribution in [0.5, 0.6) is 0 Å². The lowest BCUT2D eigenvalue weighted by atomic mass is 10.0. The number of aromatic nitrogens is 3. The quantitative estimate of drug-likeness (QED) is 0.639. The molecule has 0 unspecified atom stereocenters. The van der Waals surface area contributed by atoms with Gasteiger partial charge in [-0.25, -0.2) is 19.7 Å². The Hall–Kier alpha value is -3.20. The first-order valence-corrected chi connectivity index (χ1v) is 11.6. The van der Waals surface area contributed by atoms with Crippen molar-refractivity contribution < 1.29 is 9.78 Å². The van der Waals surface area contributed by atoms with Gasteiger partial charge in [-0.15, -0.1) is 0 Å². The van der Waals surface area contributed by atoms with Crippen LogP contribution in [0.25, 0.3) is 10.6 Å². The number of piperidine rings is 1. The molecule has 8 nitrogen and oxygen atoms in total. The molecular weight excluding hydrogens is 422 g/mol. The second-order valence-electron chi connectivity index (χ2n) is 8.32. The van der Waals surface area contributed by atoms with Crippen LogP contribution >= 0.6 is 11.3 Å². The van der Waals surface area contributed by atoms with Gasteiger partial charge in [-0.3, -0.25) is 4.90 Å². The molecule has 2 N–H and O–H groups in total. The topological polar surface area (TPSA) is 78.7 Å². The Kier molecular flexibility index (Phi) is 6.55. The minimum Gasteiger partial charge on any atom is -0.331 e. The van der Waals surface area contributed by atoms with Gasteiger partial charge in [0.1, 0.15) is 23.9 Å². The maximum Gasteiger partial charge on any atom is 0.334 e. The lowest BCUT2D eigenvalue weighted by Crippen LogP contribution is -2.49. The zero-order chi connectivity index (χ0) is 22.7. The van der Waals surface area contributed by atoms with E-state index in [0.29, 0.717) is 6.04 Å². The Balaban J connectivity index is 1.42. The summed E-state index contributed by atoms with van der Waals surface area (Å²) < 4.78 is 0. The SMILES string of the molecule is Cc1ccnc(Nc2cccc(-c3c[nH+]c(N(C)C4CCN(C(=O)N(C)C)CC4)s3)n2)c1. The molecule has 3 aromatic rings. The van der Waals surface area contributed by atoms with E-state index in [4.69, 9.17) is 4.98 Å². The van der Waals surface area contributed by atoms with E-state index in [1.165, 1.54) is 0 Å². The molecule has 0 atom stereocenters. The molecule has 0 aromatic carbocycles. The van der Waals surface area contributed by atoms with Crippen molar-refractivity contribution >= 4 is 34.1 Å². The standard InChI is InChI=1S/C23H29N7OS/c1-16-8-11-24-21(14-16)27-20-7-5-6-18(26-20)19-15-25-22(32-19)29(4)17-9-12-30(13-10-17)23(31)28(2)3/h5-8,11,14-15,17H,9-10,12-13H2,1-4H3,(H,24,26,27)/p+1. The number of nitrogens with one attached hydrogen (secondary N) is 2. The third kappa shape index (κ3) is 4.99. The highest BCUT2D eigenvalue weighted by molar-refractivity contribution is 7.18. The molecule has 4 rings (SSSR count). The first kappa shape index (κ1) is 22.0. The number of pyridine rings is 2. The fourth-order valence-corrected chi connectivity index (χ4v) is 4.82. The predicted molar refractivity (Wildman–Crippen MR) is 128 cm³/mol. The second kappa shape index (κ2) is 9.52. The summed E-state index contributed by atoms with van der Waals surface area (Å²) in [5.74, 6) is 1.55. The molecule has 1 aliphatic rings. The molecule has 2 amide bonds. The van der Waals surface area contributed by atoms with Gasteiger partial charge in [0.05, 0.1) is 17.6 Å². The number of nitrogens with zero attached hydrogens (tertiary/aromatic N) is 5. The van der Waals surface area contributed by atoms with Crippen LogP contribution in [0.3, 0.4) is 0 Å². The zero-order valence-electron chi connectivity index (χ0n) is 19.0. The van der Waals surface area contributed by atoms with Gasteiger partial charge in [0.15, 0.2) is 0 Å². The maximum atomic E-state index is 12.2. The fraction of sp³-hybridized carbons (Fsp3) is 0.391. The first-order valence-electron chi connectivity index (χ1n) is 10.8. The summed E-state index contributed by atoms with van der Waals surface area (Å²) >= 11 is 1.69. The molecule has 0 bridgehead atoms. The lowest BCUT2D eigenvalue weighted by molar-refractivity contribution is -0.357. The summed E-state index contributed by atoms with van der Waals surface area (Å²) in [7, 11) is 5.73. The van der Waals surface area contributed by atoms with Gasteiger partial charge in [0, 0.05) is 46.2 Å². The Morgan fingerprint density at radius 2 is 1.97 bits per heavy atom. The van der Waals surface area contributed by atoms with E-state index >= 15 is 0 Å². The molecule has 0 spiro atoms. The summed E-state index contributed by atoms with van der Waals surface area (Å²) in [4.78, 5) is 31.7. The molecule has 168 valence electrons. The first-order chi connectivity index (χ1) is 15.4. The summed E-state index contributed by atoms with van der Waals surface area (Å²) in [5.41, 5.74) is 2.06. The molecule has 0 aliphatic carbocycles. The third-order valence-corrected chi connectivity index (χ3v) is 6.84. The summed E-state index contributed by atoms with van der Waals surface area (Å²) in [5, 5.41) is 4.38. The normalized spacial score (nSPS) is 14.3. The van der Waals surface area contributed by atoms with Crippen LogP contribution < -0.4 is 15.2 Å². The van der Waals surface area contributed by atoms with Gasteiger partial charge >= 0.3 is 11.2 Å². The third-order valence-electron chi connectivity index (χ3n) is 5.69. The Bertz CT molecular complexity index is 1080. The van der Waals surface area contributed by atoms with E-state index in [1.807, 2.05) is 48.4 Å². The van der Waals surface area contributed by atoms with Gasteiger partial charge in [-0.05, 0) is 48.1 Å². The molecular formula is C23H30N7OS+. The summed E-state index contributed by atoms with van der Waals surface area (Å²) in [6.07, 6.45) is 5.72. The molecule has 4 heterocycles. The average molecular weight is 453 g/mol. The second-order valence-corrected chi connectivity index (χ2v) is 9.35. The van der Waals surface area contributed by atoms with E-state index in [1.54, 1.807) is 36.5 Å². The molecule has 3 aromatic heterocycles. The van der Waals surface area contributed by atoms with Crippen molar-refractivity contribution in [3.8, 4) is 10.6 Å². The number of carbonyl (C=O) groups is 1. The molecule has 0 radical (unpaired) electrons. The minimum atomic E-state index is 0.0940. The van der Waals surface area contributed by atoms with Gasteiger partial charge in [-0.2, -0.15) is 0 Å². The number of rotatable bonds is 5. The van der Waals surface area contributed by atoms with Crippen LogP contribution in [0.1, 0.15) is 18.4 Å². The van der Waals surface area contributed by atoms with Gasteiger partial charge in [0.2, 0.25) is 0 Å². The number of amides is 2. The van der Waals surface area contributed by atoms with E-state index < -0.39 is 0 Å². The van der Waals surface area contributed by atoms with Crippen LogP contribution in [0.2, 0.25) is 0 Å². The zero-order valence-corrected chi connectivity index (χ0v) is 19.8. The van der Waals surface area contributed by atoms with Crippen molar-refractivity contribution in [1.82, 2.24) is 19.8 Å². The number of carbonyl (C=O) groups excluding carboxylic acids is 1. The van der Waals surface area contributed by atoms with Crippen LogP contribution in [-0.4, -0.2) is 66.1 Å². The monoisotopic (exact) mass is 452 g/mol. The Morgan fingerprint density at radius 3 is 2.69 bits per heavy atom. The number of H-pyrrole nitrogens is 1. The minimum absolute atomic E-state index is 0.0940. The number of aromatic amines is 1. The van der Waals surface area contributed by atoms with Crippen molar-refractivity contribution in [2.45, 2.75) is 25.8 Å². The van der Waals surface area contributed by atoms with E-state index in [9.17, 15) is 4.79 Å². The average Bonchev–Trinajstić information content (AvgIpc) is 3.29. The van der Waals surface area contributed by atoms with Crippen molar-refractivity contribution in [1.29, 1.82) is 0 Å². The van der Waals surface area contributed by atoms with Crippen molar-refractivity contribution in [3.05, 3.63) is 48.3 Å². The number of thiazole rings is 1. The van der Waals surface area contributed by atoms with E-state index in [2.05, 4.69) is 27.2 Å². The smallest absolute Gasteiger partial charge is 0.331 e. The predicted octanol–water partition coefficient (Wildman–Crippen LogP) is 3.65. The van der Waals surface area contributed by atoms with E-state index in [-0.39, 0.29) is 6.03 Å². The highest BCUT2D eigenvalue weighted by Crippen LogP contribution is 2.30. The summed E-state index contributed by atoms with van der Waals surface area (Å²) in [6.45, 7) is 3.61. The van der Waals surface area contributed by atoms with Gasteiger partial charge in [0.25, 0.3) is 0 Å². The largest absolute Gasteiger partial charge is 0.334 e. The number of anilines is 3. The molecule has 1 saturated heterocycles. The highest BCUT2D eigenvalue weighted by atomic mass is 32.1. The molecule has 1 fully saturated rings. The number of likely N-dealkylation sites (tertiary alicyclic amines) is 1. The number of aryl methyl sites for hydroxylation is 1. The van der Waals surface area contributed by atoms with Crippen molar-refractivity contribution in [3.63, 3.8) is 0 Å². The highest BCUT2D eigenvalue weighted by Gasteiger charge is 2.31. The Labute approximate surface area is 192 Å². The number of hydrogen-bond donors (Lipinski definition) is 1. The molecule has 1 aliphatic heterocycles.